The molecule has 0 saturated carbocycles. The zero-order valence-corrected chi connectivity index (χ0v) is 6.97. The van der Waals surface area contributed by atoms with Crippen molar-refractivity contribution in [1.82, 2.24) is 0 Å². The van der Waals surface area contributed by atoms with Gasteiger partial charge in [0.1, 0.15) is 0 Å². The summed E-state index contributed by atoms with van der Waals surface area (Å²) in [6.07, 6.45) is 9.85. The van der Waals surface area contributed by atoms with Crippen LogP contribution in [0.2, 0.25) is 0 Å². The Bertz CT molecular complexity index is 199. The summed E-state index contributed by atoms with van der Waals surface area (Å²) in [6, 6.07) is 0. The summed E-state index contributed by atoms with van der Waals surface area (Å²) in [7, 11) is 0. The van der Waals surface area contributed by atoms with Crippen LogP contribution in [-0.2, 0) is 4.79 Å². The Kier molecular flexibility index (Phi) is 3.09. The fourth-order valence-corrected chi connectivity index (χ4v) is 1.30. The molecule has 0 unspecified atom stereocenters. The molecule has 60 valence electrons. The lowest BCUT2D eigenvalue weighted by Crippen LogP contribution is -1.94. The molecule has 0 spiro atoms. The first-order chi connectivity index (χ1) is 5.34. The average molecular weight is 150 g/mol. The monoisotopic (exact) mass is 150 g/mol. The fourth-order valence-electron chi connectivity index (χ4n) is 1.30. The minimum atomic E-state index is 0.356. The SMILES string of the molecule is CC=CCCC1=CCCC1=O. The van der Waals surface area contributed by atoms with E-state index in [0.29, 0.717) is 5.78 Å². The third-order valence-corrected chi connectivity index (χ3v) is 1.94. The smallest absolute Gasteiger partial charge is 0.158 e. The van der Waals surface area contributed by atoms with Crippen LogP contribution >= 0.6 is 0 Å². The molecule has 0 aromatic rings. The summed E-state index contributed by atoms with van der Waals surface area (Å²) in [4.78, 5) is 11.1. The van der Waals surface area contributed by atoms with Gasteiger partial charge in [0.25, 0.3) is 0 Å². The lowest BCUT2D eigenvalue weighted by atomic mass is 10.1. The van der Waals surface area contributed by atoms with E-state index in [1.54, 1.807) is 0 Å². The first-order valence-corrected chi connectivity index (χ1v) is 4.18. The highest BCUT2D eigenvalue weighted by atomic mass is 16.1. The molecule has 0 radical (unpaired) electrons. The van der Waals surface area contributed by atoms with Gasteiger partial charge in [0.15, 0.2) is 5.78 Å². The van der Waals surface area contributed by atoms with Crippen molar-refractivity contribution >= 4 is 5.78 Å². The van der Waals surface area contributed by atoms with E-state index in [-0.39, 0.29) is 0 Å². The Labute approximate surface area is 67.8 Å². The van der Waals surface area contributed by atoms with Crippen molar-refractivity contribution in [2.24, 2.45) is 0 Å². The Balaban J connectivity index is 2.31. The van der Waals surface area contributed by atoms with Crippen LogP contribution in [0, 0.1) is 0 Å². The molecule has 0 aromatic carbocycles. The van der Waals surface area contributed by atoms with Crippen LogP contribution in [0.3, 0.4) is 0 Å². The second-order valence-corrected chi connectivity index (χ2v) is 2.80. The van der Waals surface area contributed by atoms with Gasteiger partial charge in [0, 0.05) is 6.42 Å². The normalized spacial score (nSPS) is 17.9. The van der Waals surface area contributed by atoms with E-state index < -0.39 is 0 Å². The second kappa shape index (κ2) is 4.12. The van der Waals surface area contributed by atoms with E-state index in [4.69, 9.17) is 0 Å². The first-order valence-electron chi connectivity index (χ1n) is 4.18. The number of rotatable bonds is 3. The number of allylic oxidation sites excluding steroid dienone is 4. The molecule has 1 rings (SSSR count). The number of carbonyl (C=O) groups is 1. The average Bonchev–Trinajstić information content (AvgIpc) is 2.37. The molecule has 0 heterocycles. The molecular weight excluding hydrogens is 136 g/mol. The van der Waals surface area contributed by atoms with Crippen LogP contribution in [0.1, 0.15) is 32.6 Å². The van der Waals surface area contributed by atoms with Gasteiger partial charge in [-0.25, -0.2) is 0 Å². The summed E-state index contributed by atoms with van der Waals surface area (Å²) in [5.74, 6) is 0.356. The molecule has 1 aliphatic rings. The van der Waals surface area contributed by atoms with E-state index in [9.17, 15) is 4.79 Å². The van der Waals surface area contributed by atoms with Gasteiger partial charge in [-0.2, -0.15) is 0 Å². The van der Waals surface area contributed by atoms with E-state index in [0.717, 1.165) is 31.3 Å². The van der Waals surface area contributed by atoms with Gasteiger partial charge in [-0.3, -0.25) is 4.79 Å². The van der Waals surface area contributed by atoms with Crippen molar-refractivity contribution in [2.45, 2.75) is 32.6 Å². The van der Waals surface area contributed by atoms with Gasteiger partial charge < -0.3 is 0 Å². The van der Waals surface area contributed by atoms with Gasteiger partial charge >= 0.3 is 0 Å². The molecule has 0 fully saturated rings. The predicted molar refractivity (Wildman–Crippen MR) is 46.4 cm³/mol. The summed E-state index contributed by atoms with van der Waals surface area (Å²) in [5, 5.41) is 0. The van der Waals surface area contributed by atoms with Gasteiger partial charge in [-0.1, -0.05) is 18.2 Å². The highest BCUT2D eigenvalue weighted by molar-refractivity contribution is 5.97. The number of Topliss-reactive ketones (excluding diaryl/α,β-unsaturated/α-hetero) is 1. The minimum Gasteiger partial charge on any atom is -0.295 e. The zero-order valence-electron chi connectivity index (χ0n) is 6.97. The Morgan fingerprint density at radius 1 is 1.64 bits per heavy atom. The Morgan fingerprint density at radius 3 is 3.00 bits per heavy atom. The lowest BCUT2D eigenvalue weighted by molar-refractivity contribution is -0.115. The zero-order chi connectivity index (χ0) is 8.10. The van der Waals surface area contributed by atoms with Crippen molar-refractivity contribution in [3.63, 3.8) is 0 Å². The lowest BCUT2D eigenvalue weighted by Gasteiger charge is -1.94. The molecule has 0 bridgehead atoms. The van der Waals surface area contributed by atoms with Gasteiger partial charge in [-0.15, -0.1) is 0 Å². The van der Waals surface area contributed by atoms with Crippen molar-refractivity contribution in [3.05, 3.63) is 23.8 Å². The summed E-state index contributed by atoms with van der Waals surface area (Å²) in [6.45, 7) is 2.00. The summed E-state index contributed by atoms with van der Waals surface area (Å²) in [5.41, 5.74) is 1.04. The first kappa shape index (κ1) is 8.25. The number of hydrogen-bond acceptors (Lipinski definition) is 1. The molecule has 1 nitrogen and oxygen atoms in total. The highest BCUT2D eigenvalue weighted by Crippen LogP contribution is 2.18. The molecule has 0 N–H and O–H groups in total. The van der Waals surface area contributed by atoms with Gasteiger partial charge in [0.2, 0.25) is 0 Å². The Hall–Kier alpha value is -0.850. The molecule has 11 heavy (non-hydrogen) atoms. The largest absolute Gasteiger partial charge is 0.295 e. The van der Waals surface area contributed by atoms with Crippen LogP contribution in [0.5, 0.6) is 0 Å². The number of hydrogen-bond donors (Lipinski definition) is 0. The van der Waals surface area contributed by atoms with E-state index >= 15 is 0 Å². The molecule has 0 saturated heterocycles. The standard InChI is InChI=1S/C10H14O/c1-2-3-4-6-9-7-5-8-10(9)11/h2-3,7H,4-6,8H2,1H3. The molecule has 0 atom stereocenters. The van der Waals surface area contributed by atoms with Crippen LogP contribution < -0.4 is 0 Å². The Morgan fingerprint density at radius 2 is 2.45 bits per heavy atom. The topological polar surface area (TPSA) is 17.1 Å². The molecule has 1 aliphatic carbocycles. The minimum absolute atomic E-state index is 0.356. The quantitative estimate of drug-likeness (QED) is 0.565. The van der Waals surface area contributed by atoms with Crippen molar-refractivity contribution in [1.29, 1.82) is 0 Å². The maximum Gasteiger partial charge on any atom is 0.158 e. The van der Waals surface area contributed by atoms with Crippen LogP contribution in [0.15, 0.2) is 23.8 Å². The maximum atomic E-state index is 11.1. The number of ketones is 1. The molecule has 1 heteroatoms. The highest BCUT2D eigenvalue weighted by Gasteiger charge is 2.12. The van der Waals surface area contributed by atoms with Crippen LogP contribution in [-0.4, -0.2) is 5.78 Å². The molecular formula is C10H14O. The molecule has 0 aromatic heterocycles. The third kappa shape index (κ3) is 2.34. The van der Waals surface area contributed by atoms with Crippen LogP contribution in [0.25, 0.3) is 0 Å². The second-order valence-electron chi connectivity index (χ2n) is 2.80. The van der Waals surface area contributed by atoms with E-state index in [1.807, 2.05) is 13.0 Å². The predicted octanol–water partition coefficient (Wildman–Crippen LogP) is 2.63. The van der Waals surface area contributed by atoms with Crippen molar-refractivity contribution < 1.29 is 4.79 Å². The van der Waals surface area contributed by atoms with E-state index in [2.05, 4.69) is 12.2 Å². The number of carbonyl (C=O) groups excluding carboxylic acids is 1. The third-order valence-electron chi connectivity index (χ3n) is 1.94. The van der Waals surface area contributed by atoms with Gasteiger partial charge in [0.05, 0.1) is 0 Å². The molecule has 0 amide bonds. The van der Waals surface area contributed by atoms with E-state index in [1.165, 1.54) is 0 Å². The maximum absolute atomic E-state index is 11.1. The van der Waals surface area contributed by atoms with Crippen LogP contribution in [0.4, 0.5) is 0 Å². The van der Waals surface area contributed by atoms with Crippen molar-refractivity contribution in [3.8, 4) is 0 Å². The fraction of sp³-hybridized carbons (Fsp3) is 0.500. The summed E-state index contributed by atoms with van der Waals surface area (Å²) < 4.78 is 0. The van der Waals surface area contributed by atoms with Crippen molar-refractivity contribution in [2.75, 3.05) is 0 Å². The molecule has 0 aliphatic heterocycles. The van der Waals surface area contributed by atoms with Gasteiger partial charge in [-0.05, 0) is 31.8 Å². The summed E-state index contributed by atoms with van der Waals surface area (Å²) >= 11 is 0.